The van der Waals surface area contributed by atoms with Crippen LogP contribution < -0.4 is 10.2 Å². The number of nitrogens with zero attached hydrogens (tertiary/aromatic N) is 4. The molecule has 1 N–H and O–H groups in total. The van der Waals surface area contributed by atoms with E-state index in [0.717, 1.165) is 32.0 Å². The maximum atomic E-state index is 8.82. The van der Waals surface area contributed by atoms with Crippen molar-refractivity contribution in [2.75, 3.05) is 18.0 Å². The zero-order valence-corrected chi connectivity index (χ0v) is 12.4. The molecule has 0 amide bonds. The van der Waals surface area contributed by atoms with E-state index in [0.29, 0.717) is 11.6 Å². The lowest BCUT2D eigenvalue weighted by Gasteiger charge is -2.33. The molecule has 1 unspecified atom stereocenters. The number of anilines is 1. The molecule has 3 rings (SSSR count). The number of nitrogens with one attached hydrogen (secondary N) is 1. The van der Waals surface area contributed by atoms with Crippen molar-refractivity contribution in [3.63, 3.8) is 0 Å². The fourth-order valence-electron chi connectivity index (χ4n) is 2.74. The second kappa shape index (κ2) is 7.01. The predicted molar refractivity (Wildman–Crippen MR) is 85.3 cm³/mol. The fourth-order valence-corrected chi connectivity index (χ4v) is 2.74. The summed E-state index contributed by atoms with van der Waals surface area (Å²) in [5.41, 5.74) is 1.90. The first-order valence-corrected chi connectivity index (χ1v) is 7.59. The molecule has 0 bridgehead atoms. The Kier molecular flexibility index (Phi) is 4.62. The molecular formula is C17H19N5. The van der Waals surface area contributed by atoms with Gasteiger partial charge in [0.25, 0.3) is 0 Å². The van der Waals surface area contributed by atoms with Gasteiger partial charge in [0.1, 0.15) is 0 Å². The average Bonchev–Trinajstić information content (AvgIpc) is 2.61. The summed E-state index contributed by atoms with van der Waals surface area (Å²) < 4.78 is 0. The van der Waals surface area contributed by atoms with Crippen LogP contribution in [0.3, 0.4) is 0 Å². The standard InChI is InChI=1S/C17H19N5/c18-11-14-4-6-15(7-5-14)12-21-16-3-1-10-22(13-16)17-19-8-2-9-20-17/h2,4-9,16,21H,1,3,10,12-13H2. The predicted octanol–water partition coefficient (Wildman–Crippen LogP) is 2.11. The summed E-state index contributed by atoms with van der Waals surface area (Å²) in [6.07, 6.45) is 5.88. The number of nitriles is 1. The van der Waals surface area contributed by atoms with Crippen molar-refractivity contribution < 1.29 is 0 Å². The van der Waals surface area contributed by atoms with E-state index in [1.807, 2.05) is 30.3 Å². The summed E-state index contributed by atoms with van der Waals surface area (Å²) >= 11 is 0. The maximum absolute atomic E-state index is 8.82. The van der Waals surface area contributed by atoms with Crippen LogP contribution in [0.25, 0.3) is 0 Å². The number of aromatic nitrogens is 2. The van der Waals surface area contributed by atoms with Gasteiger partial charge in [0.05, 0.1) is 11.6 Å². The van der Waals surface area contributed by atoms with E-state index in [1.165, 1.54) is 12.0 Å². The lowest BCUT2D eigenvalue weighted by atomic mass is 10.1. The van der Waals surface area contributed by atoms with E-state index in [-0.39, 0.29) is 0 Å². The van der Waals surface area contributed by atoms with Gasteiger partial charge < -0.3 is 10.2 Å². The Bertz CT molecular complexity index is 632. The van der Waals surface area contributed by atoms with E-state index < -0.39 is 0 Å². The quantitative estimate of drug-likeness (QED) is 0.935. The summed E-state index contributed by atoms with van der Waals surface area (Å²) in [4.78, 5) is 10.9. The van der Waals surface area contributed by atoms with E-state index in [4.69, 9.17) is 5.26 Å². The molecule has 1 fully saturated rings. The highest BCUT2D eigenvalue weighted by Gasteiger charge is 2.20. The Morgan fingerprint density at radius 3 is 2.73 bits per heavy atom. The van der Waals surface area contributed by atoms with Crippen molar-refractivity contribution in [1.29, 1.82) is 5.26 Å². The molecule has 1 saturated heterocycles. The largest absolute Gasteiger partial charge is 0.339 e. The lowest BCUT2D eigenvalue weighted by molar-refractivity contribution is 0.418. The number of hydrogen-bond donors (Lipinski definition) is 1. The molecule has 1 aliphatic rings. The SMILES string of the molecule is N#Cc1ccc(CNC2CCCN(c3ncccn3)C2)cc1. The maximum Gasteiger partial charge on any atom is 0.225 e. The van der Waals surface area contributed by atoms with Crippen LogP contribution in [0.5, 0.6) is 0 Å². The number of benzene rings is 1. The van der Waals surface area contributed by atoms with E-state index >= 15 is 0 Å². The first-order chi connectivity index (χ1) is 10.8. The van der Waals surface area contributed by atoms with Crippen molar-refractivity contribution in [3.8, 4) is 6.07 Å². The second-order valence-electron chi connectivity index (χ2n) is 5.52. The third kappa shape index (κ3) is 3.60. The Morgan fingerprint density at radius 2 is 2.00 bits per heavy atom. The Balaban J connectivity index is 1.55. The van der Waals surface area contributed by atoms with Gasteiger partial charge in [-0.2, -0.15) is 5.26 Å². The van der Waals surface area contributed by atoms with Crippen LogP contribution in [-0.4, -0.2) is 29.1 Å². The molecule has 2 heterocycles. The van der Waals surface area contributed by atoms with Gasteiger partial charge in [-0.25, -0.2) is 9.97 Å². The Labute approximate surface area is 130 Å². The van der Waals surface area contributed by atoms with Crippen LogP contribution in [0.15, 0.2) is 42.7 Å². The highest BCUT2D eigenvalue weighted by atomic mass is 15.3. The Hall–Kier alpha value is -2.45. The van der Waals surface area contributed by atoms with Crippen molar-refractivity contribution in [3.05, 3.63) is 53.9 Å². The molecule has 112 valence electrons. The van der Waals surface area contributed by atoms with Gasteiger partial charge in [-0.05, 0) is 36.6 Å². The van der Waals surface area contributed by atoms with Gasteiger partial charge >= 0.3 is 0 Å². The minimum Gasteiger partial charge on any atom is -0.339 e. The number of piperidine rings is 1. The molecule has 5 heteroatoms. The smallest absolute Gasteiger partial charge is 0.225 e. The number of hydrogen-bond acceptors (Lipinski definition) is 5. The van der Waals surface area contributed by atoms with Gasteiger partial charge in [-0.15, -0.1) is 0 Å². The molecule has 1 aromatic heterocycles. The van der Waals surface area contributed by atoms with Crippen LogP contribution in [-0.2, 0) is 6.54 Å². The van der Waals surface area contributed by atoms with Crippen LogP contribution in [0, 0.1) is 11.3 Å². The zero-order chi connectivity index (χ0) is 15.2. The van der Waals surface area contributed by atoms with Crippen LogP contribution in [0.2, 0.25) is 0 Å². The summed E-state index contributed by atoms with van der Waals surface area (Å²) in [5.74, 6) is 0.812. The van der Waals surface area contributed by atoms with Gasteiger partial charge in [-0.1, -0.05) is 12.1 Å². The van der Waals surface area contributed by atoms with Gasteiger partial charge in [0.2, 0.25) is 5.95 Å². The van der Waals surface area contributed by atoms with Crippen LogP contribution in [0.1, 0.15) is 24.0 Å². The van der Waals surface area contributed by atoms with Gasteiger partial charge in [-0.3, -0.25) is 0 Å². The molecule has 0 aliphatic carbocycles. The van der Waals surface area contributed by atoms with Crippen molar-refractivity contribution in [2.45, 2.75) is 25.4 Å². The highest BCUT2D eigenvalue weighted by molar-refractivity contribution is 5.32. The zero-order valence-electron chi connectivity index (χ0n) is 12.4. The topological polar surface area (TPSA) is 64.8 Å². The monoisotopic (exact) mass is 293 g/mol. The normalized spacial score (nSPS) is 18.0. The molecule has 2 aromatic rings. The second-order valence-corrected chi connectivity index (χ2v) is 5.52. The van der Waals surface area contributed by atoms with E-state index in [1.54, 1.807) is 12.4 Å². The fraction of sp³-hybridized carbons (Fsp3) is 0.353. The minimum atomic E-state index is 0.438. The summed E-state index contributed by atoms with van der Waals surface area (Å²) in [7, 11) is 0. The third-order valence-electron chi connectivity index (χ3n) is 3.93. The van der Waals surface area contributed by atoms with Gasteiger partial charge in [0.15, 0.2) is 0 Å². The molecule has 0 saturated carbocycles. The van der Waals surface area contributed by atoms with Crippen molar-refractivity contribution in [1.82, 2.24) is 15.3 Å². The summed E-state index contributed by atoms with van der Waals surface area (Å²) in [5, 5.41) is 12.4. The highest BCUT2D eigenvalue weighted by Crippen LogP contribution is 2.15. The molecule has 1 aromatic carbocycles. The molecule has 0 radical (unpaired) electrons. The lowest BCUT2D eigenvalue weighted by Crippen LogP contribution is -2.46. The van der Waals surface area contributed by atoms with Crippen molar-refractivity contribution in [2.24, 2.45) is 0 Å². The van der Waals surface area contributed by atoms with Crippen LogP contribution >= 0.6 is 0 Å². The first-order valence-electron chi connectivity index (χ1n) is 7.59. The molecule has 1 aliphatic heterocycles. The average molecular weight is 293 g/mol. The van der Waals surface area contributed by atoms with Gasteiger partial charge in [0, 0.05) is 38.1 Å². The van der Waals surface area contributed by atoms with E-state index in [2.05, 4.69) is 26.3 Å². The summed E-state index contributed by atoms with van der Waals surface area (Å²) in [6, 6.07) is 12.2. The first kappa shape index (κ1) is 14.5. The van der Waals surface area contributed by atoms with E-state index in [9.17, 15) is 0 Å². The minimum absolute atomic E-state index is 0.438. The summed E-state index contributed by atoms with van der Waals surface area (Å²) in [6.45, 7) is 2.76. The molecule has 5 nitrogen and oxygen atoms in total. The van der Waals surface area contributed by atoms with Crippen LogP contribution in [0.4, 0.5) is 5.95 Å². The van der Waals surface area contributed by atoms with Crippen molar-refractivity contribution >= 4 is 5.95 Å². The molecule has 0 spiro atoms. The Morgan fingerprint density at radius 1 is 1.23 bits per heavy atom. The molecular weight excluding hydrogens is 274 g/mol. The molecule has 22 heavy (non-hydrogen) atoms. The number of rotatable bonds is 4. The molecule has 1 atom stereocenters. The third-order valence-corrected chi connectivity index (χ3v) is 3.93.